The van der Waals surface area contributed by atoms with Crippen LogP contribution in [0.2, 0.25) is 5.02 Å². The van der Waals surface area contributed by atoms with Gasteiger partial charge in [0.1, 0.15) is 5.75 Å². The van der Waals surface area contributed by atoms with Crippen LogP contribution in [0.5, 0.6) is 5.75 Å². The Hall–Kier alpha value is -2.85. The lowest BCUT2D eigenvalue weighted by molar-refractivity contribution is 0.101. The van der Waals surface area contributed by atoms with Crippen molar-refractivity contribution in [1.82, 2.24) is 4.98 Å². The predicted octanol–water partition coefficient (Wildman–Crippen LogP) is 5.28. The van der Waals surface area contributed by atoms with E-state index in [1.807, 2.05) is 54.7 Å². The van der Waals surface area contributed by atoms with Gasteiger partial charge < -0.3 is 9.64 Å². The summed E-state index contributed by atoms with van der Waals surface area (Å²) in [6.45, 7) is 2.14. The number of aromatic nitrogens is 1. The molecule has 0 radical (unpaired) electrons. The highest BCUT2D eigenvalue weighted by Crippen LogP contribution is 2.33. The Morgan fingerprint density at radius 2 is 1.92 bits per heavy atom. The van der Waals surface area contributed by atoms with Crippen molar-refractivity contribution in [2.75, 3.05) is 12.0 Å². The van der Waals surface area contributed by atoms with Gasteiger partial charge in [-0.2, -0.15) is 0 Å². The summed E-state index contributed by atoms with van der Waals surface area (Å²) in [6.07, 6.45) is 3.58. The fraction of sp³-hybridized carbons (Fsp3) is 0.143. The highest BCUT2D eigenvalue weighted by Gasteiger charge is 2.15. The fourth-order valence-electron chi connectivity index (χ4n) is 2.79. The van der Waals surface area contributed by atoms with E-state index in [4.69, 9.17) is 16.3 Å². The Balaban J connectivity index is 2.07. The van der Waals surface area contributed by atoms with Crippen molar-refractivity contribution in [3.05, 3.63) is 83.1 Å². The molecule has 3 rings (SSSR count). The van der Waals surface area contributed by atoms with E-state index in [1.54, 1.807) is 19.4 Å². The minimum atomic E-state index is -0.0324. The third kappa shape index (κ3) is 4.03. The van der Waals surface area contributed by atoms with Crippen molar-refractivity contribution >= 4 is 28.8 Å². The summed E-state index contributed by atoms with van der Waals surface area (Å²) >= 11 is 6.20. The molecular formula is C21H19ClN2O2. The average molecular weight is 367 g/mol. The Kier molecular flexibility index (Phi) is 5.54. The van der Waals surface area contributed by atoms with Gasteiger partial charge in [-0.3, -0.25) is 9.78 Å². The number of halogens is 1. The number of nitrogens with zero attached hydrogens (tertiary/aromatic N) is 2. The first kappa shape index (κ1) is 18.0. The number of methoxy groups -OCH3 is 1. The maximum Gasteiger partial charge on any atom is 0.163 e. The van der Waals surface area contributed by atoms with Crippen molar-refractivity contribution in [3.63, 3.8) is 0 Å². The Morgan fingerprint density at radius 3 is 2.58 bits per heavy atom. The van der Waals surface area contributed by atoms with E-state index in [1.165, 1.54) is 6.92 Å². The number of ether oxygens (including phenoxy) is 1. The van der Waals surface area contributed by atoms with Gasteiger partial charge >= 0.3 is 0 Å². The summed E-state index contributed by atoms with van der Waals surface area (Å²) < 4.78 is 5.42. The molecule has 1 aromatic heterocycles. The van der Waals surface area contributed by atoms with Crippen LogP contribution in [0.15, 0.2) is 67.0 Å². The molecule has 0 saturated heterocycles. The largest absolute Gasteiger partial charge is 0.496 e. The topological polar surface area (TPSA) is 42.4 Å². The molecule has 0 atom stereocenters. The van der Waals surface area contributed by atoms with Crippen LogP contribution < -0.4 is 9.64 Å². The molecule has 0 N–H and O–H groups in total. The molecule has 1 heterocycles. The highest BCUT2D eigenvalue weighted by atomic mass is 35.5. The first-order valence-corrected chi connectivity index (χ1v) is 8.57. The summed E-state index contributed by atoms with van der Waals surface area (Å²) in [5.41, 5.74) is 3.46. The number of ketones is 1. The maximum absolute atomic E-state index is 11.8. The second-order valence-electron chi connectivity index (χ2n) is 5.87. The van der Waals surface area contributed by atoms with Crippen LogP contribution in [0.1, 0.15) is 22.8 Å². The SMILES string of the molecule is COc1cc(N(Cc2cccnc2)c2cccc(Cl)c2)ccc1C(C)=O. The number of anilines is 2. The number of carbonyl (C=O) groups is 1. The van der Waals surface area contributed by atoms with E-state index >= 15 is 0 Å². The number of hydrogen-bond acceptors (Lipinski definition) is 4. The monoisotopic (exact) mass is 366 g/mol. The lowest BCUT2D eigenvalue weighted by Gasteiger charge is -2.26. The van der Waals surface area contributed by atoms with Gasteiger partial charge in [0.25, 0.3) is 0 Å². The van der Waals surface area contributed by atoms with Crippen molar-refractivity contribution in [2.45, 2.75) is 13.5 Å². The van der Waals surface area contributed by atoms with Crippen molar-refractivity contribution in [2.24, 2.45) is 0 Å². The van der Waals surface area contributed by atoms with Gasteiger partial charge in [-0.1, -0.05) is 23.7 Å². The van der Waals surface area contributed by atoms with Gasteiger partial charge in [0, 0.05) is 41.4 Å². The van der Waals surface area contributed by atoms with Crippen LogP contribution in [0, 0.1) is 0 Å². The van der Waals surface area contributed by atoms with Crippen LogP contribution in [-0.4, -0.2) is 17.9 Å². The molecule has 0 spiro atoms. The molecule has 0 aliphatic rings. The van der Waals surface area contributed by atoms with Crippen molar-refractivity contribution in [3.8, 4) is 5.75 Å². The first-order valence-electron chi connectivity index (χ1n) is 8.19. The molecule has 5 heteroatoms. The van der Waals surface area contributed by atoms with E-state index in [0.29, 0.717) is 22.9 Å². The third-order valence-electron chi connectivity index (χ3n) is 4.06. The van der Waals surface area contributed by atoms with Gasteiger partial charge in [-0.15, -0.1) is 0 Å². The molecule has 0 amide bonds. The molecule has 0 aliphatic carbocycles. The molecule has 0 unspecified atom stereocenters. The summed E-state index contributed by atoms with van der Waals surface area (Å²) in [7, 11) is 1.57. The number of benzene rings is 2. The summed E-state index contributed by atoms with van der Waals surface area (Å²) in [5.74, 6) is 0.517. The molecule has 0 fully saturated rings. The lowest BCUT2D eigenvalue weighted by atomic mass is 10.1. The number of rotatable bonds is 6. The number of hydrogen-bond donors (Lipinski definition) is 0. The third-order valence-corrected chi connectivity index (χ3v) is 4.29. The van der Waals surface area contributed by atoms with Crippen LogP contribution >= 0.6 is 11.6 Å². The molecule has 2 aromatic carbocycles. The van der Waals surface area contributed by atoms with Crippen LogP contribution in [-0.2, 0) is 6.54 Å². The molecule has 26 heavy (non-hydrogen) atoms. The summed E-state index contributed by atoms with van der Waals surface area (Å²) in [4.78, 5) is 18.1. The number of carbonyl (C=O) groups excluding carboxylic acids is 1. The quantitative estimate of drug-likeness (QED) is 0.556. The summed E-state index contributed by atoms with van der Waals surface area (Å²) in [6, 6.07) is 17.1. The van der Waals surface area contributed by atoms with Crippen LogP contribution in [0.25, 0.3) is 0 Å². The zero-order chi connectivity index (χ0) is 18.5. The van der Waals surface area contributed by atoms with Gasteiger partial charge in [0.2, 0.25) is 0 Å². The second-order valence-corrected chi connectivity index (χ2v) is 6.30. The van der Waals surface area contributed by atoms with Gasteiger partial charge in [-0.05, 0) is 48.9 Å². The van der Waals surface area contributed by atoms with E-state index < -0.39 is 0 Å². The summed E-state index contributed by atoms with van der Waals surface area (Å²) in [5, 5.41) is 0.658. The molecule has 3 aromatic rings. The normalized spacial score (nSPS) is 10.4. The Bertz CT molecular complexity index is 913. The van der Waals surface area contributed by atoms with E-state index in [-0.39, 0.29) is 5.78 Å². The average Bonchev–Trinajstić information content (AvgIpc) is 2.66. The fourth-order valence-corrected chi connectivity index (χ4v) is 2.97. The smallest absolute Gasteiger partial charge is 0.163 e. The standard InChI is InChI=1S/C21H19ClN2O2/c1-15(25)20-9-8-19(12-21(20)26-2)24(14-16-5-4-10-23-13-16)18-7-3-6-17(22)11-18/h3-13H,14H2,1-2H3. The lowest BCUT2D eigenvalue weighted by Crippen LogP contribution is -2.17. The van der Waals surface area contributed by atoms with Crippen molar-refractivity contribution in [1.29, 1.82) is 0 Å². The molecule has 4 nitrogen and oxygen atoms in total. The first-order chi connectivity index (χ1) is 12.6. The number of Topliss-reactive ketones (excluding diaryl/α,β-unsaturated/α-hetero) is 1. The molecule has 0 saturated carbocycles. The van der Waals surface area contributed by atoms with Gasteiger partial charge in [-0.25, -0.2) is 0 Å². The van der Waals surface area contributed by atoms with Crippen LogP contribution in [0.3, 0.4) is 0 Å². The molecule has 0 aliphatic heterocycles. The molecule has 132 valence electrons. The Labute approximate surface area is 158 Å². The van der Waals surface area contributed by atoms with Gasteiger partial charge in [0.15, 0.2) is 5.78 Å². The second kappa shape index (κ2) is 8.02. The van der Waals surface area contributed by atoms with E-state index in [2.05, 4.69) is 9.88 Å². The van der Waals surface area contributed by atoms with Crippen molar-refractivity contribution < 1.29 is 9.53 Å². The minimum absolute atomic E-state index is 0.0324. The Morgan fingerprint density at radius 1 is 1.12 bits per heavy atom. The predicted molar refractivity (Wildman–Crippen MR) is 105 cm³/mol. The zero-order valence-corrected chi connectivity index (χ0v) is 15.4. The molecule has 0 bridgehead atoms. The van der Waals surface area contributed by atoms with Crippen LogP contribution in [0.4, 0.5) is 11.4 Å². The minimum Gasteiger partial charge on any atom is -0.496 e. The van der Waals surface area contributed by atoms with E-state index in [9.17, 15) is 4.79 Å². The van der Waals surface area contributed by atoms with E-state index in [0.717, 1.165) is 16.9 Å². The number of pyridine rings is 1. The van der Waals surface area contributed by atoms with Gasteiger partial charge in [0.05, 0.1) is 12.7 Å². The zero-order valence-electron chi connectivity index (χ0n) is 14.6. The highest BCUT2D eigenvalue weighted by molar-refractivity contribution is 6.30. The molecular weight excluding hydrogens is 348 g/mol. The maximum atomic E-state index is 11.8.